The van der Waals surface area contributed by atoms with E-state index in [-0.39, 0.29) is 43.9 Å². The molecule has 0 aliphatic heterocycles. The second-order valence-corrected chi connectivity index (χ2v) is 10.9. The summed E-state index contributed by atoms with van der Waals surface area (Å²) >= 11 is 0. The van der Waals surface area contributed by atoms with Crippen LogP contribution in [0.25, 0.3) is 21.5 Å². The van der Waals surface area contributed by atoms with Crippen LogP contribution in [0, 0.1) is 0 Å². The van der Waals surface area contributed by atoms with Crippen LogP contribution in [0.15, 0.2) is 105 Å². The van der Waals surface area contributed by atoms with Gasteiger partial charge in [-0.1, -0.05) is 58.7 Å². The van der Waals surface area contributed by atoms with Gasteiger partial charge in [-0.25, -0.2) is 9.59 Å². The summed E-state index contributed by atoms with van der Waals surface area (Å²) in [5.74, 6) is -3.50. The summed E-state index contributed by atoms with van der Waals surface area (Å²) in [4.78, 5) is 99.3. The largest absolute Gasteiger partial charge is 0.289 e. The van der Waals surface area contributed by atoms with Gasteiger partial charge < -0.3 is 0 Å². The van der Waals surface area contributed by atoms with Crippen molar-refractivity contribution in [2.75, 3.05) is 0 Å². The van der Waals surface area contributed by atoms with Crippen molar-refractivity contribution in [2.24, 2.45) is 10.2 Å². The van der Waals surface area contributed by atoms with Gasteiger partial charge in [0.25, 0.3) is 35.8 Å². The van der Waals surface area contributed by atoms with E-state index in [1.54, 1.807) is 48.5 Å². The van der Waals surface area contributed by atoms with Crippen LogP contribution in [0.3, 0.4) is 0 Å². The number of fused-ring (bicyclic) bond motifs is 2. The maximum absolute atomic E-state index is 13.2. The standard InChI is InChI=1S/C36H22N4O8/c41-19-37-39(33(45)23-11-3-1-4-12-23)35(47)25-17-15-21(27-29(25)31(27)43)9-7-8-10-22-16-18-26(30-28(22)32(30)44)36(48)40(38-20-42)34(46)24-13-5-2-6-14-24/h1-6,11-18H,7-10H2. The fraction of sp³-hybridized carbons (Fsp3) is 0.111. The minimum Gasteiger partial charge on any atom is -0.289 e. The molecule has 12 heteroatoms. The zero-order valence-electron chi connectivity index (χ0n) is 25.0. The lowest BCUT2D eigenvalue weighted by Gasteiger charge is -2.13. The number of imide groups is 2. The van der Waals surface area contributed by atoms with Crippen molar-refractivity contribution < 1.29 is 28.8 Å². The highest BCUT2D eigenvalue weighted by Crippen LogP contribution is 2.30. The highest BCUT2D eigenvalue weighted by atomic mass is 16.2. The van der Waals surface area contributed by atoms with Crippen LogP contribution in [0.4, 0.5) is 0 Å². The van der Waals surface area contributed by atoms with Crippen LogP contribution < -0.4 is 10.9 Å². The van der Waals surface area contributed by atoms with Crippen LogP contribution >= 0.6 is 0 Å². The van der Waals surface area contributed by atoms with E-state index in [4.69, 9.17) is 0 Å². The Bertz CT molecular complexity index is 2210. The summed E-state index contributed by atoms with van der Waals surface area (Å²) in [6.45, 7) is 0. The molecule has 4 amide bonds. The Labute approximate surface area is 270 Å². The van der Waals surface area contributed by atoms with Gasteiger partial charge in [0.15, 0.2) is 10.9 Å². The molecule has 0 spiro atoms. The van der Waals surface area contributed by atoms with Gasteiger partial charge in [0.2, 0.25) is 0 Å². The molecule has 6 aromatic carbocycles. The highest BCUT2D eigenvalue weighted by Gasteiger charge is 2.32. The van der Waals surface area contributed by atoms with Crippen LogP contribution in [0.2, 0.25) is 0 Å². The molecule has 0 fully saturated rings. The van der Waals surface area contributed by atoms with Gasteiger partial charge >= 0.3 is 0 Å². The normalized spacial score (nSPS) is 10.9. The first-order valence-corrected chi connectivity index (χ1v) is 14.7. The topological polar surface area (TPSA) is 168 Å². The first-order chi connectivity index (χ1) is 23.3. The molecular weight excluding hydrogens is 616 g/mol. The molecule has 12 nitrogen and oxygen atoms in total. The number of benzene rings is 4. The molecule has 0 saturated heterocycles. The summed E-state index contributed by atoms with van der Waals surface area (Å²) in [5.41, 5.74) is 0.967. The number of hydrogen-bond acceptors (Lipinski definition) is 10. The van der Waals surface area contributed by atoms with E-state index in [0.717, 1.165) is 11.1 Å². The quantitative estimate of drug-likeness (QED) is 0.0672. The van der Waals surface area contributed by atoms with E-state index >= 15 is 0 Å². The minimum absolute atomic E-state index is 0.0406. The zero-order chi connectivity index (χ0) is 33.9. The van der Waals surface area contributed by atoms with Crippen LogP contribution in [0.1, 0.15) is 65.4 Å². The van der Waals surface area contributed by atoms with E-state index < -0.39 is 23.6 Å². The van der Waals surface area contributed by atoms with E-state index in [9.17, 15) is 38.4 Å². The number of amides is 4. The third kappa shape index (κ3) is 5.72. The molecule has 0 N–H and O–H groups in total. The Morgan fingerprint density at radius 3 is 1.23 bits per heavy atom. The van der Waals surface area contributed by atoms with Gasteiger partial charge in [0.1, 0.15) is 0 Å². The summed E-state index contributed by atoms with van der Waals surface area (Å²) in [5, 5.41) is 8.49. The Balaban J connectivity index is 1.11. The molecule has 0 bridgehead atoms. The zero-order valence-corrected chi connectivity index (χ0v) is 25.0. The van der Waals surface area contributed by atoms with Gasteiger partial charge in [0.05, 0.1) is 11.1 Å². The number of nitrogens with zero attached hydrogens (tertiary/aromatic N) is 4. The minimum atomic E-state index is -0.917. The third-order valence-electron chi connectivity index (χ3n) is 8.06. The van der Waals surface area contributed by atoms with E-state index in [1.165, 1.54) is 48.6 Å². The number of unbranched alkanes of at least 4 members (excludes halogenated alkanes) is 1. The molecule has 0 aliphatic rings. The number of hydrogen-bond donors (Lipinski definition) is 0. The van der Waals surface area contributed by atoms with Crippen molar-refractivity contribution in [3.05, 3.63) is 139 Å². The van der Waals surface area contributed by atoms with Gasteiger partial charge in [-0.2, -0.15) is 0 Å². The first-order valence-electron chi connectivity index (χ1n) is 14.7. The molecule has 6 aromatic rings. The summed E-state index contributed by atoms with van der Waals surface area (Å²) in [7, 11) is 0. The van der Waals surface area contributed by atoms with Crippen molar-refractivity contribution in [1.29, 1.82) is 0 Å². The molecule has 0 aromatic heterocycles. The smallest absolute Gasteiger partial charge is 0.282 e. The first kappa shape index (κ1) is 31.3. The second kappa shape index (κ2) is 12.9. The fourth-order valence-corrected chi connectivity index (χ4v) is 5.65. The van der Waals surface area contributed by atoms with Crippen molar-refractivity contribution in [2.45, 2.75) is 25.7 Å². The van der Waals surface area contributed by atoms with Crippen molar-refractivity contribution in [3.8, 4) is 0 Å². The van der Waals surface area contributed by atoms with Crippen molar-refractivity contribution in [3.63, 3.8) is 0 Å². The SMILES string of the molecule is O=C=NN(C(=O)c1ccccc1)C(=O)c1ccc(CCCCc2ccc(C(=O)N(N=C=O)C(=O)c3ccccc3)c3c(=O)c23)c2c(=O)c12. The predicted molar refractivity (Wildman–Crippen MR) is 172 cm³/mol. The predicted octanol–water partition coefficient (Wildman–Crippen LogP) is 4.10. The maximum atomic E-state index is 13.2. The Morgan fingerprint density at radius 1 is 0.500 bits per heavy atom. The summed E-state index contributed by atoms with van der Waals surface area (Å²) in [6.07, 6.45) is 4.67. The molecule has 6 rings (SSSR count). The maximum Gasteiger partial charge on any atom is 0.282 e. The number of rotatable bonds is 11. The monoisotopic (exact) mass is 638 g/mol. The fourth-order valence-electron chi connectivity index (χ4n) is 5.65. The van der Waals surface area contributed by atoms with Crippen LogP contribution in [-0.2, 0) is 22.4 Å². The molecule has 234 valence electrons. The lowest BCUT2D eigenvalue weighted by molar-refractivity contribution is 0.0607. The van der Waals surface area contributed by atoms with E-state index in [2.05, 4.69) is 10.2 Å². The van der Waals surface area contributed by atoms with Gasteiger partial charge in [-0.3, -0.25) is 28.8 Å². The lowest BCUT2D eigenvalue weighted by atomic mass is 10.0. The second-order valence-electron chi connectivity index (χ2n) is 10.9. The van der Waals surface area contributed by atoms with Crippen LogP contribution in [0.5, 0.6) is 0 Å². The molecule has 0 atom stereocenters. The summed E-state index contributed by atoms with van der Waals surface area (Å²) in [6, 6.07) is 21.7. The molecular formula is C36H22N4O8. The number of aryl methyl sites for hydroxylation is 2. The number of hydrazone groups is 2. The van der Waals surface area contributed by atoms with Gasteiger partial charge in [-0.15, -0.1) is 10.0 Å². The Morgan fingerprint density at radius 2 is 0.875 bits per heavy atom. The molecule has 48 heavy (non-hydrogen) atoms. The van der Waals surface area contributed by atoms with E-state index in [1.807, 2.05) is 0 Å². The molecule has 0 radical (unpaired) electrons. The molecule has 0 saturated carbocycles. The number of isocyanates is 2. The Hall–Kier alpha value is -6.74. The molecule has 0 heterocycles. The molecule has 0 aliphatic carbocycles. The number of carbonyl (C=O) groups is 4. The van der Waals surface area contributed by atoms with Crippen LogP contribution in [-0.4, -0.2) is 45.8 Å². The Kier molecular flexibility index (Phi) is 8.42. The number of carbonyl (C=O) groups excluding carboxylic acids is 6. The molecule has 0 unspecified atom stereocenters. The van der Waals surface area contributed by atoms with Crippen molar-refractivity contribution >= 4 is 57.3 Å². The lowest BCUT2D eigenvalue weighted by Crippen LogP contribution is -2.32. The van der Waals surface area contributed by atoms with Gasteiger partial charge in [0, 0.05) is 32.7 Å². The van der Waals surface area contributed by atoms with Gasteiger partial charge in [-0.05, 0) is 73.2 Å². The highest BCUT2D eigenvalue weighted by molar-refractivity contribution is 6.20. The van der Waals surface area contributed by atoms with Crippen molar-refractivity contribution in [1.82, 2.24) is 10.0 Å². The average Bonchev–Trinajstić information content (AvgIpc) is 4.01. The van der Waals surface area contributed by atoms with E-state index in [0.29, 0.717) is 46.5 Å². The third-order valence-corrected chi connectivity index (χ3v) is 8.06. The summed E-state index contributed by atoms with van der Waals surface area (Å²) < 4.78 is 0. The average molecular weight is 639 g/mol.